The molecular weight excluding hydrogens is 207 g/mol. The fraction of sp³-hybridized carbons (Fsp3) is 0.308. The monoisotopic (exact) mass is 222 g/mol. The molecule has 0 saturated carbocycles. The average molecular weight is 222 g/mol. The molecule has 3 heteroatoms. The molecule has 2 nitrogen and oxygen atoms in total. The van der Waals surface area contributed by atoms with Gasteiger partial charge in [-0.05, 0) is 24.1 Å². The van der Waals surface area contributed by atoms with Gasteiger partial charge in [0.2, 0.25) is 0 Å². The summed E-state index contributed by atoms with van der Waals surface area (Å²) >= 11 is 0. The molecule has 0 saturated heterocycles. The molecule has 0 spiro atoms. The summed E-state index contributed by atoms with van der Waals surface area (Å²) in [5.74, 6) is -0.827. The minimum Gasteiger partial charge on any atom is -0.466 e. The van der Waals surface area contributed by atoms with Crippen LogP contribution in [0.15, 0.2) is 36.4 Å². The maximum atomic E-state index is 12.8. The van der Waals surface area contributed by atoms with Crippen molar-refractivity contribution in [1.29, 1.82) is 0 Å². The van der Waals surface area contributed by atoms with E-state index in [1.807, 2.05) is 6.92 Å². The Labute approximate surface area is 94.7 Å². The van der Waals surface area contributed by atoms with Gasteiger partial charge in [-0.1, -0.05) is 25.6 Å². The summed E-state index contributed by atoms with van der Waals surface area (Å²) in [6.45, 7) is 5.67. The van der Waals surface area contributed by atoms with Crippen molar-refractivity contribution in [2.24, 2.45) is 0 Å². The third-order valence-corrected chi connectivity index (χ3v) is 2.55. The Morgan fingerprint density at radius 3 is 2.44 bits per heavy atom. The van der Waals surface area contributed by atoms with Gasteiger partial charge in [0.25, 0.3) is 0 Å². The fourth-order valence-corrected chi connectivity index (χ4v) is 1.65. The molecule has 0 heterocycles. The summed E-state index contributed by atoms with van der Waals surface area (Å²) in [5.41, 5.74) is 1.27. The summed E-state index contributed by atoms with van der Waals surface area (Å²) in [5, 5.41) is 0. The SMILES string of the molecule is C=C(C(=O)OC)C(CC)c1ccc(F)cc1. The van der Waals surface area contributed by atoms with Gasteiger partial charge >= 0.3 is 5.97 Å². The van der Waals surface area contributed by atoms with Crippen LogP contribution >= 0.6 is 0 Å². The number of ether oxygens (including phenoxy) is 1. The second-order valence-corrected chi connectivity index (χ2v) is 3.53. The summed E-state index contributed by atoms with van der Waals surface area (Å²) in [6, 6.07) is 6.08. The molecule has 1 aromatic rings. The number of carbonyl (C=O) groups is 1. The lowest BCUT2D eigenvalue weighted by Crippen LogP contribution is -2.11. The molecule has 0 aromatic heterocycles. The number of esters is 1. The highest BCUT2D eigenvalue weighted by atomic mass is 19.1. The first-order valence-corrected chi connectivity index (χ1v) is 5.12. The van der Waals surface area contributed by atoms with E-state index in [-0.39, 0.29) is 11.7 Å². The van der Waals surface area contributed by atoms with Crippen molar-refractivity contribution in [2.75, 3.05) is 7.11 Å². The van der Waals surface area contributed by atoms with Crippen LogP contribution in [0.25, 0.3) is 0 Å². The van der Waals surface area contributed by atoms with Gasteiger partial charge in [0, 0.05) is 11.5 Å². The van der Waals surface area contributed by atoms with Gasteiger partial charge < -0.3 is 4.74 Å². The average Bonchev–Trinajstić information content (AvgIpc) is 2.31. The molecule has 0 aliphatic carbocycles. The second-order valence-electron chi connectivity index (χ2n) is 3.53. The third-order valence-electron chi connectivity index (χ3n) is 2.55. The van der Waals surface area contributed by atoms with Crippen LogP contribution in [0.1, 0.15) is 24.8 Å². The number of rotatable bonds is 4. The number of methoxy groups -OCH3 is 1. The molecule has 1 rings (SSSR count). The number of halogens is 1. The van der Waals surface area contributed by atoms with E-state index in [9.17, 15) is 9.18 Å². The minimum atomic E-state index is -0.420. The zero-order chi connectivity index (χ0) is 12.1. The lowest BCUT2D eigenvalue weighted by molar-refractivity contribution is -0.136. The lowest BCUT2D eigenvalue weighted by atomic mass is 9.90. The predicted molar refractivity (Wildman–Crippen MR) is 60.6 cm³/mol. The minimum absolute atomic E-state index is 0.118. The Balaban J connectivity index is 2.94. The number of hydrogen-bond donors (Lipinski definition) is 0. The Morgan fingerprint density at radius 1 is 1.44 bits per heavy atom. The van der Waals surface area contributed by atoms with Crippen LogP contribution < -0.4 is 0 Å². The van der Waals surface area contributed by atoms with Gasteiger partial charge in [0.1, 0.15) is 5.82 Å². The van der Waals surface area contributed by atoms with Crippen LogP contribution in [0.5, 0.6) is 0 Å². The Bertz CT molecular complexity index is 381. The smallest absolute Gasteiger partial charge is 0.333 e. The second kappa shape index (κ2) is 5.45. The van der Waals surface area contributed by atoms with Gasteiger partial charge in [-0.3, -0.25) is 0 Å². The van der Waals surface area contributed by atoms with Crippen LogP contribution in [-0.2, 0) is 9.53 Å². The number of hydrogen-bond acceptors (Lipinski definition) is 2. The predicted octanol–water partition coefficient (Wildman–Crippen LogP) is 3.05. The van der Waals surface area contributed by atoms with E-state index in [4.69, 9.17) is 0 Å². The van der Waals surface area contributed by atoms with E-state index in [1.54, 1.807) is 12.1 Å². The molecule has 1 aromatic carbocycles. The van der Waals surface area contributed by atoms with E-state index in [1.165, 1.54) is 19.2 Å². The highest BCUT2D eigenvalue weighted by Gasteiger charge is 2.19. The molecule has 0 aliphatic heterocycles. The zero-order valence-electron chi connectivity index (χ0n) is 9.50. The normalized spacial score (nSPS) is 11.9. The zero-order valence-corrected chi connectivity index (χ0v) is 9.50. The van der Waals surface area contributed by atoms with Crippen LogP contribution in [0.2, 0.25) is 0 Å². The van der Waals surface area contributed by atoms with Crippen molar-refractivity contribution in [3.63, 3.8) is 0 Å². The van der Waals surface area contributed by atoms with Gasteiger partial charge in [-0.25, -0.2) is 9.18 Å². The van der Waals surface area contributed by atoms with Gasteiger partial charge in [0.15, 0.2) is 0 Å². The molecule has 1 unspecified atom stereocenters. The molecule has 0 fully saturated rings. The molecule has 86 valence electrons. The Kier molecular flexibility index (Phi) is 4.23. The summed E-state index contributed by atoms with van der Waals surface area (Å²) < 4.78 is 17.4. The highest BCUT2D eigenvalue weighted by Crippen LogP contribution is 2.27. The van der Waals surface area contributed by atoms with E-state index < -0.39 is 5.97 Å². The van der Waals surface area contributed by atoms with Crippen LogP contribution in [-0.4, -0.2) is 13.1 Å². The molecule has 0 aliphatic rings. The molecule has 0 N–H and O–H groups in total. The fourth-order valence-electron chi connectivity index (χ4n) is 1.65. The molecule has 16 heavy (non-hydrogen) atoms. The highest BCUT2D eigenvalue weighted by molar-refractivity contribution is 5.89. The van der Waals surface area contributed by atoms with Gasteiger partial charge in [0.05, 0.1) is 7.11 Å². The summed E-state index contributed by atoms with van der Waals surface area (Å²) in [6.07, 6.45) is 0.722. The van der Waals surface area contributed by atoms with Crippen molar-refractivity contribution in [2.45, 2.75) is 19.3 Å². The molecular formula is C13H15FO2. The van der Waals surface area contributed by atoms with Crippen molar-refractivity contribution < 1.29 is 13.9 Å². The van der Waals surface area contributed by atoms with Crippen LogP contribution in [0, 0.1) is 5.82 Å². The third kappa shape index (κ3) is 2.69. The number of benzene rings is 1. The topological polar surface area (TPSA) is 26.3 Å². The maximum Gasteiger partial charge on any atom is 0.333 e. The van der Waals surface area contributed by atoms with E-state index >= 15 is 0 Å². The first-order valence-electron chi connectivity index (χ1n) is 5.12. The maximum absolute atomic E-state index is 12.8. The van der Waals surface area contributed by atoms with E-state index in [0.29, 0.717) is 5.57 Å². The van der Waals surface area contributed by atoms with E-state index in [2.05, 4.69) is 11.3 Å². The standard InChI is InChI=1S/C13H15FO2/c1-4-12(9(2)13(15)16-3)10-5-7-11(14)8-6-10/h5-8,12H,2,4H2,1,3H3. The molecule has 0 bridgehead atoms. The Hall–Kier alpha value is -1.64. The van der Waals surface area contributed by atoms with Crippen LogP contribution in [0.3, 0.4) is 0 Å². The molecule has 0 radical (unpaired) electrons. The Morgan fingerprint density at radius 2 is 2.00 bits per heavy atom. The van der Waals surface area contributed by atoms with Crippen molar-refractivity contribution in [3.05, 3.63) is 47.8 Å². The summed E-state index contributed by atoms with van der Waals surface area (Å²) in [4.78, 5) is 11.4. The summed E-state index contributed by atoms with van der Waals surface area (Å²) in [7, 11) is 1.32. The van der Waals surface area contributed by atoms with E-state index in [0.717, 1.165) is 12.0 Å². The van der Waals surface area contributed by atoms with Crippen molar-refractivity contribution in [1.82, 2.24) is 0 Å². The first kappa shape index (κ1) is 12.4. The largest absolute Gasteiger partial charge is 0.466 e. The van der Waals surface area contributed by atoms with Gasteiger partial charge in [-0.15, -0.1) is 0 Å². The van der Waals surface area contributed by atoms with Gasteiger partial charge in [-0.2, -0.15) is 0 Å². The van der Waals surface area contributed by atoms with Crippen LogP contribution in [0.4, 0.5) is 4.39 Å². The quantitative estimate of drug-likeness (QED) is 0.578. The van der Waals surface area contributed by atoms with Crippen molar-refractivity contribution >= 4 is 5.97 Å². The molecule has 0 amide bonds. The lowest BCUT2D eigenvalue weighted by Gasteiger charge is -2.16. The number of carbonyl (C=O) groups excluding carboxylic acids is 1. The first-order chi connectivity index (χ1) is 7.60. The van der Waals surface area contributed by atoms with Crippen molar-refractivity contribution in [3.8, 4) is 0 Å². The molecule has 1 atom stereocenters.